The van der Waals surface area contributed by atoms with E-state index >= 15 is 0 Å². The minimum Gasteiger partial charge on any atom is -0.471 e. The van der Waals surface area contributed by atoms with Crippen LogP contribution >= 0.6 is 11.5 Å². The number of carbonyl (C=O) groups is 2. The lowest BCUT2D eigenvalue weighted by Gasteiger charge is -2.09. The fraction of sp³-hybridized carbons (Fsp3) is 0.211. The van der Waals surface area contributed by atoms with Crippen molar-refractivity contribution < 1.29 is 27.5 Å². The van der Waals surface area contributed by atoms with Crippen molar-refractivity contribution in [1.29, 1.82) is 0 Å². The number of ether oxygens (including phenoxy) is 1. The summed E-state index contributed by atoms with van der Waals surface area (Å²) in [6, 6.07) is 5.60. The third-order valence-corrected chi connectivity index (χ3v) is 4.87. The predicted octanol–water partition coefficient (Wildman–Crippen LogP) is 3.58. The van der Waals surface area contributed by atoms with Gasteiger partial charge in [0.05, 0.1) is 12.8 Å². The van der Waals surface area contributed by atoms with Crippen LogP contribution in [-0.4, -0.2) is 16.3 Å². The lowest BCUT2D eigenvalue weighted by molar-refractivity contribution is 0.0996. The summed E-state index contributed by atoms with van der Waals surface area (Å²) in [6.07, 6.45) is 1.82. The number of benzene rings is 1. The van der Waals surface area contributed by atoms with E-state index in [-0.39, 0.29) is 40.7 Å². The van der Waals surface area contributed by atoms with Crippen molar-refractivity contribution in [3.8, 4) is 5.88 Å². The van der Waals surface area contributed by atoms with E-state index in [9.17, 15) is 18.4 Å². The highest BCUT2D eigenvalue weighted by Gasteiger charge is 2.23. The summed E-state index contributed by atoms with van der Waals surface area (Å²) >= 11 is 0.766. The van der Waals surface area contributed by atoms with Crippen molar-refractivity contribution in [3.63, 3.8) is 0 Å². The van der Waals surface area contributed by atoms with Gasteiger partial charge in [0.2, 0.25) is 5.88 Å². The van der Waals surface area contributed by atoms with Gasteiger partial charge in [-0.2, -0.15) is 4.37 Å². The van der Waals surface area contributed by atoms with Gasteiger partial charge in [0, 0.05) is 5.56 Å². The minimum absolute atomic E-state index is 0.0428. The molecule has 0 aliphatic heterocycles. The molecule has 11 heteroatoms. The zero-order valence-electron chi connectivity index (χ0n) is 15.8. The van der Waals surface area contributed by atoms with Crippen LogP contribution in [0.3, 0.4) is 0 Å². The molecule has 1 aromatic carbocycles. The van der Waals surface area contributed by atoms with Gasteiger partial charge in [-0.05, 0) is 35.6 Å². The van der Waals surface area contributed by atoms with Crippen molar-refractivity contribution in [2.75, 3.05) is 5.32 Å². The minimum atomic E-state index is -1.03. The van der Waals surface area contributed by atoms with Gasteiger partial charge in [0.1, 0.15) is 22.9 Å². The number of rotatable bonds is 8. The summed E-state index contributed by atoms with van der Waals surface area (Å²) in [7, 11) is 0. The first-order chi connectivity index (χ1) is 14.4. The smallest absolute Gasteiger partial charge is 0.320 e. The predicted molar refractivity (Wildman–Crippen MR) is 105 cm³/mol. The molecular weight excluding hydrogens is 418 g/mol. The maximum absolute atomic E-state index is 14.2. The van der Waals surface area contributed by atoms with Crippen molar-refractivity contribution in [3.05, 3.63) is 64.6 Å². The molecule has 0 radical (unpaired) electrons. The number of carbonyl (C=O) groups excluding carboxylic acids is 2. The summed E-state index contributed by atoms with van der Waals surface area (Å²) in [5.41, 5.74) is 5.41. The summed E-state index contributed by atoms with van der Waals surface area (Å²) < 4.78 is 42.5. The number of hydrogen-bond donors (Lipinski definition) is 3. The Balaban J connectivity index is 1.69. The van der Waals surface area contributed by atoms with Crippen LogP contribution in [-0.2, 0) is 19.6 Å². The second kappa shape index (κ2) is 9.35. The van der Waals surface area contributed by atoms with E-state index in [4.69, 9.17) is 14.9 Å². The number of halogens is 2. The average molecular weight is 436 g/mol. The second-order valence-electron chi connectivity index (χ2n) is 6.10. The summed E-state index contributed by atoms with van der Waals surface area (Å²) in [5, 5.41) is 5.06. The first kappa shape index (κ1) is 21.2. The third kappa shape index (κ3) is 4.74. The van der Waals surface area contributed by atoms with Gasteiger partial charge in [0.15, 0.2) is 11.6 Å². The molecule has 0 bridgehead atoms. The highest BCUT2D eigenvalue weighted by Crippen LogP contribution is 2.31. The Labute approximate surface area is 174 Å². The number of hydrogen-bond acceptors (Lipinski definition) is 6. The molecule has 0 spiro atoms. The standard InChI is InChI=1S/C19H18F2N4O4S/c1-2-10-5-6-11(15(21)14(10)20)9-29-17-13(16(22)26)18(30-25-17)24-19(27)23-8-12-4-3-7-28-12/h3-7H,2,8-9H2,1H3,(H2,22,26)(H2,23,24,27). The Bertz CT molecular complexity index is 1050. The Morgan fingerprint density at radius 2 is 1.97 bits per heavy atom. The number of nitrogens with two attached hydrogens (primary N) is 1. The van der Waals surface area contributed by atoms with E-state index in [1.165, 1.54) is 18.4 Å². The van der Waals surface area contributed by atoms with Crippen molar-refractivity contribution in [1.82, 2.24) is 9.69 Å². The molecule has 4 N–H and O–H groups in total. The van der Waals surface area contributed by atoms with Gasteiger partial charge in [-0.15, -0.1) is 0 Å². The number of furan rings is 1. The Morgan fingerprint density at radius 3 is 2.63 bits per heavy atom. The topological polar surface area (TPSA) is 119 Å². The fourth-order valence-corrected chi connectivity index (χ4v) is 3.30. The first-order valence-corrected chi connectivity index (χ1v) is 9.63. The zero-order valence-corrected chi connectivity index (χ0v) is 16.6. The van der Waals surface area contributed by atoms with Gasteiger partial charge in [-0.1, -0.05) is 19.1 Å². The second-order valence-corrected chi connectivity index (χ2v) is 6.87. The first-order valence-electron chi connectivity index (χ1n) is 8.86. The van der Waals surface area contributed by atoms with Gasteiger partial charge in [-0.3, -0.25) is 10.1 Å². The number of aryl methyl sites for hydroxylation is 1. The number of aromatic nitrogens is 1. The molecule has 0 aliphatic rings. The quantitative estimate of drug-likeness (QED) is 0.499. The number of nitrogens with one attached hydrogen (secondary N) is 2. The Kier molecular flexibility index (Phi) is 6.62. The molecule has 8 nitrogen and oxygen atoms in total. The zero-order chi connectivity index (χ0) is 21.7. The van der Waals surface area contributed by atoms with E-state index in [1.807, 2.05) is 0 Å². The molecule has 0 atom stereocenters. The normalized spacial score (nSPS) is 10.6. The molecule has 3 rings (SSSR count). The van der Waals surface area contributed by atoms with E-state index < -0.39 is 23.6 Å². The molecule has 3 aromatic rings. The molecule has 3 amide bonds. The van der Waals surface area contributed by atoms with Crippen LogP contribution in [0.1, 0.15) is 34.2 Å². The molecule has 0 fully saturated rings. The maximum atomic E-state index is 14.2. The van der Waals surface area contributed by atoms with Gasteiger partial charge >= 0.3 is 6.03 Å². The molecule has 0 saturated heterocycles. The van der Waals surface area contributed by atoms with Gasteiger partial charge < -0.3 is 20.2 Å². The van der Waals surface area contributed by atoms with Gasteiger partial charge in [-0.25, -0.2) is 13.6 Å². The largest absolute Gasteiger partial charge is 0.471 e. The number of nitrogens with zero attached hydrogens (tertiary/aromatic N) is 1. The van der Waals surface area contributed by atoms with Crippen LogP contribution in [0, 0.1) is 11.6 Å². The van der Waals surface area contributed by atoms with Crippen LogP contribution < -0.4 is 21.1 Å². The summed E-state index contributed by atoms with van der Waals surface area (Å²) in [6.45, 7) is 1.47. The molecular formula is C19H18F2N4O4S. The maximum Gasteiger partial charge on any atom is 0.320 e. The Hall–Kier alpha value is -3.47. The van der Waals surface area contributed by atoms with E-state index in [0.29, 0.717) is 12.2 Å². The Morgan fingerprint density at radius 1 is 1.23 bits per heavy atom. The molecule has 0 unspecified atom stereocenters. The van der Waals surface area contributed by atoms with E-state index in [1.54, 1.807) is 19.1 Å². The lowest BCUT2D eigenvalue weighted by Crippen LogP contribution is -2.28. The summed E-state index contributed by atoms with van der Waals surface area (Å²) in [4.78, 5) is 23.9. The third-order valence-electron chi connectivity index (χ3n) is 4.13. The van der Waals surface area contributed by atoms with Crippen molar-refractivity contribution >= 4 is 28.5 Å². The molecule has 0 aliphatic carbocycles. The molecule has 30 heavy (non-hydrogen) atoms. The molecule has 0 saturated carbocycles. The summed E-state index contributed by atoms with van der Waals surface area (Å²) in [5.74, 6) is -2.51. The number of amides is 3. The van der Waals surface area contributed by atoms with Crippen LogP contribution in [0.5, 0.6) is 5.88 Å². The van der Waals surface area contributed by atoms with Crippen LogP contribution in [0.25, 0.3) is 0 Å². The van der Waals surface area contributed by atoms with Crippen LogP contribution in [0.15, 0.2) is 34.9 Å². The fourth-order valence-electron chi connectivity index (χ4n) is 2.56. The van der Waals surface area contributed by atoms with E-state index in [0.717, 1.165) is 11.5 Å². The van der Waals surface area contributed by atoms with Crippen LogP contribution in [0.2, 0.25) is 0 Å². The highest BCUT2D eigenvalue weighted by molar-refractivity contribution is 7.11. The SMILES string of the molecule is CCc1ccc(COc2nsc(NC(=O)NCc3ccco3)c2C(N)=O)c(F)c1F. The van der Waals surface area contributed by atoms with E-state index in [2.05, 4.69) is 15.0 Å². The number of primary amides is 1. The molecule has 2 heterocycles. The van der Waals surface area contributed by atoms with Gasteiger partial charge in [0.25, 0.3) is 5.91 Å². The monoisotopic (exact) mass is 436 g/mol. The van der Waals surface area contributed by atoms with Crippen molar-refractivity contribution in [2.45, 2.75) is 26.5 Å². The number of urea groups is 1. The number of anilines is 1. The molecule has 2 aromatic heterocycles. The van der Waals surface area contributed by atoms with Crippen LogP contribution in [0.4, 0.5) is 18.6 Å². The highest BCUT2D eigenvalue weighted by atomic mass is 32.1. The average Bonchev–Trinajstić information content (AvgIpc) is 3.37. The molecule has 158 valence electrons. The lowest BCUT2D eigenvalue weighted by atomic mass is 10.1. The van der Waals surface area contributed by atoms with Crippen molar-refractivity contribution in [2.24, 2.45) is 5.73 Å².